The quantitative estimate of drug-likeness (QED) is 0.890. The van der Waals surface area contributed by atoms with E-state index in [9.17, 15) is 9.90 Å². The molecule has 6 heteroatoms. The summed E-state index contributed by atoms with van der Waals surface area (Å²) in [6.07, 6.45) is 2.75. The lowest BCUT2D eigenvalue weighted by Crippen LogP contribution is -2.46. The second kappa shape index (κ2) is 6.48. The van der Waals surface area contributed by atoms with E-state index in [1.54, 1.807) is 11.3 Å². The number of halogens is 1. The van der Waals surface area contributed by atoms with Crippen molar-refractivity contribution < 1.29 is 9.90 Å². The van der Waals surface area contributed by atoms with Gasteiger partial charge in [-0.2, -0.15) is 0 Å². The number of rotatable bonds is 4. The third kappa shape index (κ3) is 3.16. The number of thiophene rings is 2. The van der Waals surface area contributed by atoms with Gasteiger partial charge in [-0.1, -0.05) is 24.1 Å². The molecule has 21 heavy (non-hydrogen) atoms. The fraction of sp³-hybridized carbons (Fsp3) is 0.400. The van der Waals surface area contributed by atoms with Crippen molar-refractivity contribution in [3.63, 3.8) is 0 Å². The van der Waals surface area contributed by atoms with Gasteiger partial charge in [0.1, 0.15) is 6.04 Å². The maximum absolute atomic E-state index is 11.6. The molecule has 1 N–H and O–H groups in total. The molecule has 2 aromatic rings. The van der Waals surface area contributed by atoms with Crippen LogP contribution < -0.4 is 0 Å². The van der Waals surface area contributed by atoms with Crippen molar-refractivity contribution in [2.24, 2.45) is 0 Å². The van der Waals surface area contributed by atoms with Gasteiger partial charge in [0.25, 0.3) is 0 Å². The van der Waals surface area contributed by atoms with Crippen molar-refractivity contribution in [1.82, 2.24) is 4.90 Å². The number of piperidine rings is 1. The van der Waals surface area contributed by atoms with Gasteiger partial charge in [-0.15, -0.1) is 22.7 Å². The fourth-order valence-electron chi connectivity index (χ4n) is 2.92. The van der Waals surface area contributed by atoms with Gasteiger partial charge >= 0.3 is 5.97 Å². The molecule has 0 radical (unpaired) electrons. The molecule has 1 saturated heterocycles. The molecule has 0 saturated carbocycles. The molecular weight excluding hydrogens is 326 g/mol. The number of hydrogen-bond donors (Lipinski definition) is 1. The lowest BCUT2D eigenvalue weighted by atomic mass is 9.98. The Bertz CT molecular complexity index is 611. The average molecular weight is 342 g/mol. The van der Waals surface area contributed by atoms with E-state index in [1.165, 1.54) is 16.2 Å². The zero-order valence-corrected chi connectivity index (χ0v) is 13.8. The van der Waals surface area contributed by atoms with Crippen LogP contribution in [0.2, 0.25) is 4.34 Å². The standard InChI is InChI=1S/C15H16ClNO2S2/c16-13-7-6-12(21-13)14(11-5-3-9-20-11)17-8-2-1-4-10(17)15(18)19/h3,5-7,9-10,14H,1-2,4,8H2,(H,18,19). The molecule has 1 fully saturated rings. The molecule has 112 valence electrons. The molecule has 0 amide bonds. The van der Waals surface area contributed by atoms with Crippen molar-refractivity contribution >= 4 is 40.2 Å². The zero-order chi connectivity index (χ0) is 14.8. The number of carboxylic acid groups (broad SMARTS) is 1. The number of carbonyl (C=O) groups is 1. The van der Waals surface area contributed by atoms with Gasteiger partial charge in [0.05, 0.1) is 10.4 Å². The van der Waals surface area contributed by atoms with Crippen molar-refractivity contribution in [3.8, 4) is 0 Å². The third-order valence-corrected chi connectivity index (χ3v) is 6.05. The first-order chi connectivity index (χ1) is 10.2. The van der Waals surface area contributed by atoms with Crippen LogP contribution in [0.3, 0.4) is 0 Å². The predicted molar refractivity (Wildman–Crippen MR) is 87.5 cm³/mol. The SMILES string of the molecule is O=C(O)C1CCCCN1C(c1cccs1)c1ccc(Cl)s1. The third-order valence-electron chi connectivity index (χ3n) is 3.84. The summed E-state index contributed by atoms with van der Waals surface area (Å²) in [6.45, 7) is 0.815. The highest BCUT2D eigenvalue weighted by molar-refractivity contribution is 7.16. The Hall–Kier alpha value is -0.880. The summed E-state index contributed by atoms with van der Waals surface area (Å²) in [5.74, 6) is -0.723. The second-order valence-electron chi connectivity index (χ2n) is 5.15. The molecule has 0 bridgehead atoms. The van der Waals surface area contributed by atoms with Crippen LogP contribution in [0.1, 0.15) is 35.1 Å². The van der Waals surface area contributed by atoms with Crippen molar-refractivity contribution in [1.29, 1.82) is 0 Å². The van der Waals surface area contributed by atoms with E-state index in [4.69, 9.17) is 11.6 Å². The Labute approximate surface area is 136 Å². The predicted octanol–water partition coefficient (Wildman–Crippen LogP) is 4.49. The summed E-state index contributed by atoms with van der Waals surface area (Å²) >= 11 is 9.30. The van der Waals surface area contributed by atoms with Crippen LogP contribution in [-0.2, 0) is 4.79 Å². The Morgan fingerprint density at radius 3 is 2.81 bits per heavy atom. The van der Waals surface area contributed by atoms with Crippen molar-refractivity contribution in [2.75, 3.05) is 6.54 Å². The van der Waals surface area contributed by atoms with E-state index >= 15 is 0 Å². The van der Waals surface area contributed by atoms with Crippen LogP contribution in [0.25, 0.3) is 0 Å². The number of nitrogens with zero attached hydrogens (tertiary/aromatic N) is 1. The summed E-state index contributed by atoms with van der Waals surface area (Å²) in [7, 11) is 0. The molecule has 2 atom stereocenters. The minimum absolute atomic E-state index is 0.00361. The van der Waals surface area contributed by atoms with E-state index in [-0.39, 0.29) is 6.04 Å². The molecule has 3 heterocycles. The Morgan fingerprint density at radius 2 is 2.19 bits per heavy atom. The average Bonchev–Trinajstić information content (AvgIpc) is 3.12. The van der Waals surface area contributed by atoms with Gasteiger partial charge in [-0.25, -0.2) is 0 Å². The maximum atomic E-state index is 11.6. The number of hydrogen-bond acceptors (Lipinski definition) is 4. The summed E-state index contributed by atoms with van der Waals surface area (Å²) in [4.78, 5) is 16.0. The van der Waals surface area contributed by atoms with Gasteiger partial charge in [-0.05, 0) is 43.0 Å². The van der Waals surface area contributed by atoms with Gasteiger partial charge < -0.3 is 5.11 Å². The van der Waals surface area contributed by atoms with Gasteiger partial charge in [0, 0.05) is 9.75 Å². The monoisotopic (exact) mass is 341 g/mol. The second-order valence-corrected chi connectivity index (χ2v) is 7.87. The van der Waals surface area contributed by atoms with Gasteiger partial charge in [-0.3, -0.25) is 9.69 Å². The highest BCUT2D eigenvalue weighted by Crippen LogP contribution is 2.40. The summed E-state index contributed by atoms with van der Waals surface area (Å²) in [5, 5.41) is 11.6. The largest absolute Gasteiger partial charge is 0.480 e. The molecule has 0 spiro atoms. The van der Waals surface area contributed by atoms with Crippen LogP contribution in [0.4, 0.5) is 0 Å². The highest BCUT2D eigenvalue weighted by atomic mass is 35.5. The first kappa shape index (κ1) is 15.0. The molecule has 2 unspecified atom stereocenters. The maximum Gasteiger partial charge on any atom is 0.320 e. The van der Waals surface area contributed by atoms with Crippen LogP contribution in [0.5, 0.6) is 0 Å². The Kier molecular flexibility index (Phi) is 4.64. The summed E-state index contributed by atoms with van der Waals surface area (Å²) < 4.78 is 0.746. The normalized spacial score (nSPS) is 21.3. The zero-order valence-electron chi connectivity index (χ0n) is 11.4. The smallest absolute Gasteiger partial charge is 0.320 e. The summed E-state index contributed by atoms with van der Waals surface area (Å²) in [6, 6.07) is 7.60. The first-order valence-electron chi connectivity index (χ1n) is 6.94. The fourth-order valence-corrected chi connectivity index (χ4v) is 5.06. The Balaban J connectivity index is 2.00. The van der Waals surface area contributed by atoms with Crippen molar-refractivity contribution in [3.05, 3.63) is 43.7 Å². The molecule has 3 nitrogen and oxygen atoms in total. The molecule has 0 aromatic carbocycles. The highest BCUT2D eigenvalue weighted by Gasteiger charge is 2.36. The number of aliphatic carboxylic acids is 1. The Morgan fingerprint density at radius 1 is 1.33 bits per heavy atom. The van der Waals surface area contributed by atoms with E-state index in [0.717, 1.165) is 35.0 Å². The van der Waals surface area contributed by atoms with E-state index in [0.29, 0.717) is 0 Å². The summed E-state index contributed by atoms with van der Waals surface area (Å²) in [5.41, 5.74) is 0. The van der Waals surface area contributed by atoms with E-state index < -0.39 is 12.0 Å². The first-order valence-corrected chi connectivity index (χ1v) is 9.01. The molecular formula is C15H16ClNO2S2. The molecule has 2 aromatic heterocycles. The van der Waals surface area contributed by atoms with Crippen LogP contribution in [0, 0.1) is 0 Å². The molecule has 3 rings (SSSR count). The lowest BCUT2D eigenvalue weighted by Gasteiger charge is -2.38. The van der Waals surface area contributed by atoms with Gasteiger partial charge in [0.15, 0.2) is 0 Å². The molecule has 0 aliphatic carbocycles. The van der Waals surface area contributed by atoms with Crippen molar-refractivity contribution in [2.45, 2.75) is 31.3 Å². The molecule has 1 aliphatic rings. The van der Waals surface area contributed by atoms with Gasteiger partial charge in [0.2, 0.25) is 0 Å². The molecule has 1 aliphatic heterocycles. The van der Waals surface area contributed by atoms with E-state index in [2.05, 4.69) is 11.0 Å². The van der Waals surface area contributed by atoms with Crippen LogP contribution in [0.15, 0.2) is 29.6 Å². The minimum Gasteiger partial charge on any atom is -0.480 e. The van der Waals surface area contributed by atoms with Crippen LogP contribution in [-0.4, -0.2) is 28.6 Å². The van der Waals surface area contributed by atoms with E-state index in [1.807, 2.05) is 23.6 Å². The number of likely N-dealkylation sites (tertiary alicyclic amines) is 1. The van der Waals surface area contributed by atoms with Crippen LogP contribution >= 0.6 is 34.3 Å². The lowest BCUT2D eigenvalue weighted by molar-refractivity contribution is -0.145. The minimum atomic E-state index is -0.723. The number of carboxylic acids is 1. The topological polar surface area (TPSA) is 40.5 Å².